The van der Waals surface area contributed by atoms with E-state index in [2.05, 4.69) is 57.7 Å². The maximum Gasteiger partial charge on any atom is 0.338 e. The van der Waals surface area contributed by atoms with E-state index in [4.69, 9.17) is 4.74 Å². The number of anilines is 2. The molecule has 3 rings (SSSR count). The van der Waals surface area contributed by atoms with E-state index in [1.807, 2.05) is 31.2 Å². The van der Waals surface area contributed by atoms with E-state index >= 15 is 0 Å². The van der Waals surface area contributed by atoms with Gasteiger partial charge in [0.2, 0.25) is 0 Å². The topological polar surface area (TPSA) is 29.5 Å². The number of rotatable bonds is 6. The number of carbonyl (C=O) groups excluding carboxylic acids is 1. The van der Waals surface area contributed by atoms with Gasteiger partial charge >= 0.3 is 5.97 Å². The van der Waals surface area contributed by atoms with E-state index < -0.39 is 0 Å². The summed E-state index contributed by atoms with van der Waals surface area (Å²) < 4.78 is 5.11. The smallest absolute Gasteiger partial charge is 0.338 e. The minimum Gasteiger partial charge on any atom is -0.462 e. The van der Waals surface area contributed by atoms with Crippen molar-refractivity contribution in [2.75, 3.05) is 18.1 Å². The first-order chi connectivity index (χ1) is 13.8. The Kier molecular flexibility index (Phi) is 6.16. The van der Waals surface area contributed by atoms with Gasteiger partial charge in [-0.1, -0.05) is 32.9 Å². The van der Waals surface area contributed by atoms with Crippen molar-refractivity contribution in [3.8, 4) is 0 Å². The van der Waals surface area contributed by atoms with Gasteiger partial charge in [0.1, 0.15) is 0 Å². The SMILES string of the molecule is CCOC(=O)c1ccc(N(CC)c2cc3c(cc2C)C(C)(C)CC=C3CC)cc1. The molecule has 0 spiro atoms. The number of esters is 1. The van der Waals surface area contributed by atoms with Crippen molar-refractivity contribution in [3.05, 3.63) is 64.7 Å². The predicted molar refractivity (Wildman–Crippen MR) is 122 cm³/mol. The van der Waals surface area contributed by atoms with Crippen LogP contribution in [0.25, 0.3) is 5.57 Å². The van der Waals surface area contributed by atoms with Crippen LogP contribution in [0.5, 0.6) is 0 Å². The average molecular weight is 392 g/mol. The van der Waals surface area contributed by atoms with Gasteiger partial charge in [-0.05, 0) is 91.6 Å². The molecule has 1 aliphatic rings. The summed E-state index contributed by atoms with van der Waals surface area (Å²) in [5.41, 5.74) is 8.62. The molecule has 0 amide bonds. The summed E-state index contributed by atoms with van der Waals surface area (Å²) in [5.74, 6) is -0.271. The third-order valence-corrected chi connectivity index (χ3v) is 5.95. The van der Waals surface area contributed by atoms with Crippen molar-refractivity contribution in [2.24, 2.45) is 0 Å². The summed E-state index contributed by atoms with van der Waals surface area (Å²) in [6.07, 6.45) is 4.55. The summed E-state index contributed by atoms with van der Waals surface area (Å²) in [7, 11) is 0. The van der Waals surface area contributed by atoms with Gasteiger partial charge in [-0.15, -0.1) is 0 Å². The van der Waals surface area contributed by atoms with E-state index in [0.29, 0.717) is 12.2 Å². The predicted octanol–water partition coefficient (Wildman–Crippen LogP) is 6.80. The highest BCUT2D eigenvalue weighted by atomic mass is 16.5. The first-order valence-corrected chi connectivity index (χ1v) is 10.7. The van der Waals surface area contributed by atoms with Gasteiger partial charge in [0.25, 0.3) is 0 Å². The lowest BCUT2D eigenvalue weighted by atomic mass is 9.72. The lowest BCUT2D eigenvalue weighted by molar-refractivity contribution is 0.0526. The van der Waals surface area contributed by atoms with Crippen LogP contribution in [0.3, 0.4) is 0 Å². The van der Waals surface area contributed by atoms with Crippen LogP contribution >= 0.6 is 0 Å². The Hall–Kier alpha value is -2.55. The molecule has 3 heteroatoms. The standard InChI is InChI=1S/C26H33NO2/c1-7-19-14-15-26(5,6)23-16-18(4)24(17-22(19)23)27(8-2)21-12-10-20(11-13-21)25(28)29-9-3/h10-14,16-17H,7-9,15H2,1-6H3. The van der Waals surface area contributed by atoms with Crippen LogP contribution < -0.4 is 4.90 Å². The van der Waals surface area contributed by atoms with Crippen LogP contribution in [0.1, 0.15) is 74.5 Å². The van der Waals surface area contributed by atoms with Crippen LogP contribution in [-0.2, 0) is 10.2 Å². The van der Waals surface area contributed by atoms with Gasteiger partial charge < -0.3 is 9.64 Å². The van der Waals surface area contributed by atoms with Gasteiger partial charge in [-0.3, -0.25) is 0 Å². The number of ether oxygens (including phenoxy) is 1. The van der Waals surface area contributed by atoms with Gasteiger partial charge in [0, 0.05) is 17.9 Å². The monoisotopic (exact) mass is 391 g/mol. The maximum absolute atomic E-state index is 12.0. The van der Waals surface area contributed by atoms with Crippen LogP contribution in [0.2, 0.25) is 0 Å². The normalized spacial score (nSPS) is 14.8. The van der Waals surface area contributed by atoms with Crippen LogP contribution in [0, 0.1) is 6.92 Å². The largest absolute Gasteiger partial charge is 0.462 e. The quantitative estimate of drug-likeness (QED) is 0.507. The summed E-state index contributed by atoms with van der Waals surface area (Å²) in [6.45, 7) is 14.3. The minimum atomic E-state index is -0.271. The number of aryl methyl sites for hydroxylation is 1. The Bertz CT molecular complexity index is 922. The average Bonchev–Trinajstić information content (AvgIpc) is 2.70. The zero-order valence-electron chi connectivity index (χ0n) is 18.6. The fourth-order valence-electron chi connectivity index (χ4n) is 4.23. The Morgan fingerprint density at radius 2 is 1.79 bits per heavy atom. The Morgan fingerprint density at radius 1 is 1.10 bits per heavy atom. The molecule has 0 N–H and O–H groups in total. The molecule has 0 aromatic heterocycles. The number of carbonyl (C=O) groups is 1. The fraction of sp³-hybridized carbons (Fsp3) is 0.423. The Morgan fingerprint density at radius 3 is 2.38 bits per heavy atom. The van der Waals surface area contributed by atoms with E-state index in [0.717, 1.165) is 25.1 Å². The lowest BCUT2D eigenvalue weighted by Gasteiger charge is -2.35. The van der Waals surface area contributed by atoms with E-state index in [9.17, 15) is 4.79 Å². The minimum absolute atomic E-state index is 0.162. The molecule has 154 valence electrons. The zero-order valence-corrected chi connectivity index (χ0v) is 18.6. The highest BCUT2D eigenvalue weighted by Crippen LogP contribution is 2.43. The van der Waals surface area contributed by atoms with Crippen LogP contribution in [0.4, 0.5) is 11.4 Å². The summed E-state index contributed by atoms with van der Waals surface area (Å²) in [5, 5.41) is 0. The molecular weight excluding hydrogens is 358 g/mol. The second-order valence-electron chi connectivity index (χ2n) is 8.37. The number of hydrogen-bond donors (Lipinski definition) is 0. The number of nitrogens with zero attached hydrogens (tertiary/aromatic N) is 1. The highest BCUT2D eigenvalue weighted by Gasteiger charge is 2.29. The molecule has 0 bridgehead atoms. The summed E-state index contributed by atoms with van der Waals surface area (Å²) >= 11 is 0. The van der Waals surface area contributed by atoms with Crippen molar-refractivity contribution in [1.82, 2.24) is 0 Å². The highest BCUT2D eigenvalue weighted by molar-refractivity contribution is 5.90. The molecule has 0 radical (unpaired) electrons. The lowest BCUT2D eigenvalue weighted by Crippen LogP contribution is -2.24. The molecule has 0 atom stereocenters. The van der Waals surface area contributed by atoms with E-state index in [1.165, 1.54) is 28.0 Å². The molecule has 2 aromatic rings. The number of benzene rings is 2. The van der Waals surface area contributed by atoms with Gasteiger partial charge in [0.15, 0.2) is 0 Å². The molecule has 0 saturated carbocycles. The van der Waals surface area contributed by atoms with Gasteiger partial charge in [0.05, 0.1) is 12.2 Å². The second kappa shape index (κ2) is 8.44. The molecule has 0 saturated heterocycles. The number of fused-ring (bicyclic) bond motifs is 1. The molecule has 0 fully saturated rings. The van der Waals surface area contributed by atoms with Crippen LogP contribution in [-0.4, -0.2) is 19.1 Å². The number of allylic oxidation sites excluding steroid dienone is 2. The fourth-order valence-corrected chi connectivity index (χ4v) is 4.23. The molecule has 0 heterocycles. The first kappa shape index (κ1) is 21.2. The Labute approximate surface area is 175 Å². The molecule has 29 heavy (non-hydrogen) atoms. The molecule has 2 aromatic carbocycles. The van der Waals surface area contributed by atoms with Crippen molar-refractivity contribution in [1.29, 1.82) is 0 Å². The summed E-state index contributed by atoms with van der Waals surface area (Å²) in [6, 6.07) is 12.5. The Balaban J connectivity index is 2.03. The van der Waals surface area contributed by atoms with Crippen molar-refractivity contribution < 1.29 is 9.53 Å². The number of hydrogen-bond acceptors (Lipinski definition) is 3. The van der Waals surface area contributed by atoms with Gasteiger partial charge in [-0.2, -0.15) is 0 Å². The third kappa shape index (κ3) is 4.10. The van der Waals surface area contributed by atoms with Crippen LogP contribution in [0.15, 0.2) is 42.5 Å². The molecular formula is C26H33NO2. The van der Waals surface area contributed by atoms with Crippen molar-refractivity contribution >= 4 is 22.9 Å². The van der Waals surface area contributed by atoms with E-state index in [1.54, 1.807) is 0 Å². The molecule has 3 nitrogen and oxygen atoms in total. The zero-order chi connectivity index (χ0) is 21.2. The third-order valence-electron chi connectivity index (χ3n) is 5.95. The molecule has 0 aliphatic heterocycles. The van der Waals surface area contributed by atoms with Crippen molar-refractivity contribution in [3.63, 3.8) is 0 Å². The van der Waals surface area contributed by atoms with Crippen molar-refractivity contribution in [2.45, 2.75) is 59.8 Å². The summed E-state index contributed by atoms with van der Waals surface area (Å²) in [4.78, 5) is 14.3. The first-order valence-electron chi connectivity index (χ1n) is 10.7. The second-order valence-corrected chi connectivity index (χ2v) is 8.37. The molecule has 0 unspecified atom stereocenters. The maximum atomic E-state index is 12.0. The molecule has 1 aliphatic carbocycles. The van der Waals surface area contributed by atoms with Gasteiger partial charge in [-0.25, -0.2) is 4.79 Å². The van der Waals surface area contributed by atoms with E-state index in [-0.39, 0.29) is 11.4 Å².